The van der Waals surface area contributed by atoms with Crippen molar-refractivity contribution in [3.05, 3.63) is 206 Å². The van der Waals surface area contributed by atoms with Crippen LogP contribution in [0.15, 0.2) is 211 Å². The standard InChI is InChI=1S/C42H34PSSi/c1-7-21-35(22-8-1)43(36-23-9-2-10-24-36,37-25-11-3-12-26-37)44-41-33-19-20-34-42(41)45(38-27-13-4-14-28-38,39-29-15-5-16-30-39)40-31-17-6-18-32-40/h1-34H/q+1. The Morgan fingerprint density at radius 1 is 0.311 bits per heavy atom. The van der Waals surface area contributed by atoms with Gasteiger partial charge in [-0.2, -0.15) is 0 Å². The van der Waals surface area contributed by atoms with Gasteiger partial charge in [0.05, 0.1) is 11.4 Å². The Morgan fingerprint density at radius 3 is 0.956 bits per heavy atom. The Kier molecular flexibility index (Phi) is 8.62. The predicted molar refractivity (Wildman–Crippen MR) is 201 cm³/mol. The van der Waals surface area contributed by atoms with Gasteiger partial charge >= 0.3 is 0 Å². The largest absolute Gasteiger partial charge is 0.180 e. The highest BCUT2D eigenvalue weighted by Crippen LogP contribution is 2.69. The molecule has 0 saturated heterocycles. The second-order valence-electron chi connectivity index (χ2n) is 11.1. The van der Waals surface area contributed by atoms with Crippen molar-refractivity contribution in [2.45, 2.75) is 4.90 Å². The summed E-state index contributed by atoms with van der Waals surface area (Å²) >= 11 is 2.08. The van der Waals surface area contributed by atoms with Crippen LogP contribution in [0.5, 0.6) is 0 Å². The van der Waals surface area contributed by atoms with E-state index >= 15 is 0 Å². The summed E-state index contributed by atoms with van der Waals surface area (Å²) in [6.07, 6.45) is 0. The van der Waals surface area contributed by atoms with Crippen molar-refractivity contribution in [3.63, 3.8) is 0 Å². The smallest absolute Gasteiger partial charge is 0.0623 e. The third-order valence-corrected chi connectivity index (χ3v) is 20.7. The van der Waals surface area contributed by atoms with Crippen molar-refractivity contribution in [2.24, 2.45) is 0 Å². The van der Waals surface area contributed by atoms with Gasteiger partial charge in [0, 0.05) is 4.90 Å². The second kappa shape index (κ2) is 13.3. The van der Waals surface area contributed by atoms with E-state index in [0.717, 1.165) is 0 Å². The van der Waals surface area contributed by atoms with E-state index in [1.54, 1.807) is 0 Å². The molecule has 0 N–H and O–H groups in total. The van der Waals surface area contributed by atoms with Crippen LogP contribution in [0.1, 0.15) is 0 Å². The fourth-order valence-electron chi connectivity index (χ4n) is 6.55. The summed E-state index contributed by atoms with van der Waals surface area (Å²) in [4.78, 5) is 1.34. The predicted octanol–water partition coefficient (Wildman–Crippen LogP) is 7.07. The Balaban J connectivity index is 1.57. The Labute approximate surface area is 272 Å². The summed E-state index contributed by atoms with van der Waals surface area (Å²) in [5.74, 6) is 0. The van der Waals surface area contributed by atoms with E-state index in [1.165, 1.54) is 41.6 Å². The van der Waals surface area contributed by atoms with E-state index < -0.39 is 14.5 Å². The average molecular weight is 630 g/mol. The van der Waals surface area contributed by atoms with Crippen LogP contribution in [0.3, 0.4) is 0 Å². The average Bonchev–Trinajstić information content (AvgIpc) is 3.14. The van der Waals surface area contributed by atoms with Crippen molar-refractivity contribution < 1.29 is 0 Å². The van der Waals surface area contributed by atoms with E-state index in [-0.39, 0.29) is 0 Å². The Bertz CT molecular complexity index is 1760. The van der Waals surface area contributed by atoms with Crippen molar-refractivity contribution >= 4 is 62.6 Å². The van der Waals surface area contributed by atoms with Gasteiger partial charge in [0.2, 0.25) is 0 Å². The minimum absolute atomic E-state index is 1.34. The molecule has 216 valence electrons. The normalized spacial score (nSPS) is 11.6. The number of hydrogen-bond donors (Lipinski definition) is 0. The summed E-state index contributed by atoms with van der Waals surface area (Å²) in [5, 5.41) is 9.69. The first kappa shape index (κ1) is 29.3. The maximum Gasteiger partial charge on any atom is 0.180 e. The maximum atomic E-state index is 2.41. The first-order valence-electron chi connectivity index (χ1n) is 15.3. The zero-order valence-electron chi connectivity index (χ0n) is 25.0. The van der Waals surface area contributed by atoms with E-state index in [0.29, 0.717) is 0 Å². The van der Waals surface area contributed by atoms with Crippen LogP contribution >= 0.6 is 17.8 Å². The lowest BCUT2D eigenvalue weighted by Crippen LogP contribution is -2.75. The number of rotatable bonds is 9. The zero-order chi connectivity index (χ0) is 30.4. The Hall–Kier alpha value is -4.46. The van der Waals surface area contributed by atoms with Crippen molar-refractivity contribution in [1.82, 2.24) is 0 Å². The molecule has 7 aromatic carbocycles. The van der Waals surface area contributed by atoms with Crippen LogP contribution in [0.4, 0.5) is 0 Å². The summed E-state index contributed by atoms with van der Waals surface area (Å²) in [7, 11) is -2.75. The minimum Gasteiger partial charge on any atom is -0.0623 e. The third-order valence-electron chi connectivity index (χ3n) is 8.51. The highest BCUT2D eigenvalue weighted by molar-refractivity contribution is 8.69. The molecule has 0 atom stereocenters. The van der Waals surface area contributed by atoms with Gasteiger partial charge in [0.1, 0.15) is 15.9 Å². The highest BCUT2D eigenvalue weighted by atomic mass is 32.7. The molecule has 7 aromatic rings. The molecule has 7 rings (SSSR count). The van der Waals surface area contributed by atoms with Crippen LogP contribution in [-0.2, 0) is 0 Å². The van der Waals surface area contributed by atoms with Crippen LogP contribution in [0, 0.1) is 0 Å². The topological polar surface area (TPSA) is 0 Å². The molecule has 0 aliphatic heterocycles. The molecule has 0 bridgehead atoms. The van der Waals surface area contributed by atoms with Crippen LogP contribution in [-0.4, -0.2) is 8.07 Å². The van der Waals surface area contributed by atoms with E-state index in [4.69, 9.17) is 0 Å². The molecule has 0 heterocycles. The van der Waals surface area contributed by atoms with E-state index in [9.17, 15) is 0 Å². The Morgan fingerprint density at radius 2 is 0.600 bits per heavy atom. The molecular formula is C42H34PSSi+. The van der Waals surface area contributed by atoms with Crippen LogP contribution < -0.4 is 36.7 Å². The minimum atomic E-state index is -2.75. The molecular weight excluding hydrogens is 596 g/mol. The van der Waals surface area contributed by atoms with Gasteiger partial charge in [-0.05, 0) is 63.2 Å². The van der Waals surface area contributed by atoms with Crippen LogP contribution in [0.25, 0.3) is 0 Å². The summed E-state index contributed by atoms with van der Waals surface area (Å²) in [6.45, 7) is -2.21. The van der Waals surface area contributed by atoms with Gasteiger partial charge < -0.3 is 0 Å². The van der Waals surface area contributed by atoms with Gasteiger partial charge in [-0.3, -0.25) is 0 Å². The summed E-state index contributed by atoms with van der Waals surface area (Å²) < 4.78 is 0. The molecule has 0 saturated carbocycles. The molecule has 0 unspecified atom stereocenters. The zero-order valence-corrected chi connectivity index (χ0v) is 27.7. The third kappa shape index (κ3) is 5.40. The van der Waals surface area contributed by atoms with Crippen molar-refractivity contribution in [2.75, 3.05) is 0 Å². The number of benzene rings is 7. The van der Waals surface area contributed by atoms with Crippen LogP contribution in [0.2, 0.25) is 0 Å². The molecule has 3 heteroatoms. The quantitative estimate of drug-likeness (QED) is 0.0936. The molecule has 0 aromatic heterocycles. The van der Waals surface area contributed by atoms with Crippen molar-refractivity contribution in [3.8, 4) is 0 Å². The molecule has 45 heavy (non-hydrogen) atoms. The lowest BCUT2D eigenvalue weighted by atomic mass is 10.3. The van der Waals surface area contributed by atoms with Gasteiger partial charge in [-0.25, -0.2) is 0 Å². The fourth-order valence-corrected chi connectivity index (χ4v) is 19.2. The van der Waals surface area contributed by atoms with Gasteiger partial charge in [0.15, 0.2) is 14.5 Å². The molecule has 0 amide bonds. The fraction of sp³-hybridized carbons (Fsp3) is 0. The van der Waals surface area contributed by atoms with Gasteiger partial charge in [-0.15, -0.1) is 0 Å². The molecule has 0 aliphatic carbocycles. The highest BCUT2D eigenvalue weighted by Gasteiger charge is 2.50. The maximum absolute atomic E-state index is 2.75. The molecule has 0 nitrogen and oxygen atoms in total. The lowest BCUT2D eigenvalue weighted by molar-refractivity contribution is 1.51. The van der Waals surface area contributed by atoms with E-state index in [2.05, 4.69) is 218 Å². The van der Waals surface area contributed by atoms with Crippen molar-refractivity contribution in [1.29, 1.82) is 0 Å². The lowest BCUT2D eigenvalue weighted by Gasteiger charge is -2.36. The molecule has 0 spiro atoms. The molecule has 0 aliphatic rings. The molecule has 0 fully saturated rings. The van der Waals surface area contributed by atoms with E-state index in [1.807, 2.05) is 0 Å². The summed E-state index contributed by atoms with van der Waals surface area (Å²) in [5.41, 5.74) is 0. The van der Waals surface area contributed by atoms with Gasteiger partial charge in [-0.1, -0.05) is 164 Å². The number of hydrogen-bond acceptors (Lipinski definition) is 1. The first-order valence-corrected chi connectivity index (χ1v) is 20.6. The first-order chi connectivity index (χ1) is 22.3. The SMILES string of the molecule is c1ccc([Si](c2ccccc2)(c2ccccc2)c2ccccc2S[P+](c2ccccc2)(c2ccccc2)c2ccccc2)cc1. The second-order valence-corrected chi connectivity index (χ2v) is 20.4. The monoisotopic (exact) mass is 629 g/mol. The summed E-state index contributed by atoms with van der Waals surface area (Å²) in [6, 6.07) is 76.5. The molecule has 0 radical (unpaired) electrons. The van der Waals surface area contributed by atoms with Gasteiger partial charge in [0.25, 0.3) is 0 Å².